The van der Waals surface area contributed by atoms with E-state index >= 15 is 0 Å². The molecular formula is C20H26F2N3O2S+. The number of aromatic nitrogens is 1. The molecule has 152 valence electrons. The van der Waals surface area contributed by atoms with Gasteiger partial charge in [0.15, 0.2) is 10.9 Å². The van der Waals surface area contributed by atoms with E-state index in [1.54, 1.807) is 4.90 Å². The fourth-order valence-corrected chi connectivity index (χ4v) is 5.15. The van der Waals surface area contributed by atoms with Crippen molar-refractivity contribution in [2.75, 3.05) is 44.3 Å². The van der Waals surface area contributed by atoms with Crippen molar-refractivity contribution in [1.82, 2.24) is 4.98 Å². The van der Waals surface area contributed by atoms with Crippen LogP contribution in [0.1, 0.15) is 32.1 Å². The number of hydrogen-bond donors (Lipinski definition) is 1. The van der Waals surface area contributed by atoms with E-state index in [4.69, 9.17) is 4.74 Å². The average Bonchev–Trinajstić information content (AvgIpc) is 3.13. The SMILES string of the molecule is O=C(C1CCCCC1)N(CC[NH+]1CCOCC1)c1nc2c(F)cc(F)cc2s1. The zero-order chi connectivity index (χ0) is 19.5. The van der Waals surface area contributed by atoms with Crippen molar-refractivity contribution < 1.29 is 23.2 Å². The number of carbonyl (C=O) groups excluding carboxylic acids is 1. The number of fused-ring (bicyclic) bond motifs is 1. The number of amides is 1. The molecular weight excluding hydrogens is 384 g/mol. The standard InChI is InChI=1S/C20H25F2N3O2S/c21-15-12-16(22)18-17(13-15)28-20(23-18)25(7-6-24-8-10-27-11-9-24)19(26)14-4-2-1-3-5-14/h12-14H,1-11H2/p+1. The number of quaternary nitrogens is 1. The number of nitrogens with zero attached hydrogens (tertiary/aromatic N) is 2. The number of halogens is 2. The molecule has 1 aliphatic carbocycles. The summed E-state index contributed by atoms with van der Waals surface area (Å²) in [5.74, 6) is -1.22. The van der Waals surface area contributed by atoms with E-state index in [1.807, 2.05) is 0 Å². The Hall–Kier alpha value is -1.64. The summed E-state index contributed by atoms with van der Waals surface area (Å²) in [6, 6.07) is 2.13. The fourth-order valence-electron chi connectivity index (χ4n) is 4.11. The highest BCUT2D eigenvalue weighted by Gasteiger charge is 2.30. The Balaban J connectivity index is 1.59. The van der Waals surface area contributed by atoms with E-state index in [0.717, 1.165) is 64.6 Å². The monoisotopic (exact) mass is 410 g/mol. The van der Waals surface area contributed by atoms with Crippen LogP contribution in [0.4, 0.5) is 13.9 Å². The third kappa shape index (κ3) is 4.34. The third-order valence-electron chi connectivity index (χ3n) is 5.74. The van der Waals surface area contributed by atoms with Crippen molar-refractivity contribution in [3.05, 3.63) is 23.8 Å². The minimum atomic E-state index is -0.679. The van der Waals surface area contributed by atoms with Gasteiger partial charge in [0, 0.05) is 12.0 Å². The summed E-state index contributed by atoms with van der Waals surface area (Å²) in [4.78, 5) is 20.8. The van der Waals surface area contributed by atoms with Crippen LogP contribution in [0, 0.1) is 17.6 Å². The average molecular weight is 411 g/mol. The van der Waals surface area contributed by atoms with Crippen molar-refractivity contribution in [2.24, 2.45) is 5.92 Å². The number of carbonyl (C=O) groups is 1. The first-order valence-electron chi connectivity index (χ1n) is 10.1. The third-order valence-corrected chi connectivity index (χ3v) is 6.77. The van der Waals surface area contributed by atoms with Gasteiger partial charge in [-0.05, 0) is 18.9 Å². The Bertz CT molecular complexity index is 832. The van der Waals surface area contributed by atoms with Gasteiger partial charge in [-0.2, -0.15) is 0 Å². The number of ether oxygens (including phenoxy) is 1. The lowest BCUT2D eigenvalue weighted by molar-refractivity contribution is -0.906. The number of nitrogens with one attached hydrogen (secondary N) is 1. The Kier molecular flexibility index (Phi) is 6.18. The van der Waals surface area contributed by atoms with Gasteiger partial charge in [0.25, 0.3) is 0 Å². The van der Waals surface area contributed by atoms with Crippen LogP contribution in [-0.2, 0) is 9.53 Å². The Morgan fingerprint density at radius 2 is 1.96 bits per heavy atom. The molecule has 1 aliphatic heterocycles. The first-order valence-corrected chi connectivity index (χ1v) is 10.9. The van der Waals surface area contributed by atoms with Gasteiger partial charge in [0.05, 0.1) is 31.0 Å². The van der Waals surface area contributed by atoms with Crippen molar-refractivity contribution in [1.29, 1.82) is 0 Å². The quantitative estimate of drug-likeness (QED) is 0.824. The molecule has 1 aromatic carbocycles. The van der Waals surface area contributed by atoms with E-state index in [0.29, 0.717) is 16.4 Å². The summed E-state index contributed by atoms with van der Waals surface area (Å²) in [5.41, 5.74) is 0.140. The lowest BCUT2D eigenvalue weighted by atomic mass is 9.88. The van der Waals surface area contributed by atoms with Crippen molar-refractivity contribution >= 4 is 32.6 Å². The summed E-state index contributed by atoms with van der Waals surface area (Å²) in [6.07, 6.45) is 5.10. The van der Waals surface area contributed by atoms with Crippen LogP contribution in [0.15, 0.2) is 12.1 Å². The van der Waals surface area contributed by atoms with E-state index in [2.05, 4.69) is 4.98 Å². The second-order valence-corrected chi connectivity index (χ2v) is 8.68. The van der Waals surface area contributed by atoms with E-state index in [9.17, 15) is 13.6 Å². The molecule has 0 radical (unpaired) electrons. The van der Waals surface area contributed by atoms with E-state index in [1.165, 1.54) is 28.7 Å². The van der Waals surface area contributed by atoms with Crippen molar-refractivity contribution in [2.45, 2.75) is 32.1 Å². The van der Waals surface area contributed by atoms with Gasteiger partial charge in [-0.25, -0.2) is 13.8 Å². The number of anilines is 1. The Morgan fingerprint density at radius 1 is 1.21 bits per heavy atom. The first kappa shape index (κ1) is 19.7. The van der Waals surface area contributed by atoms with Gasteiger partial charge in [-0.3, -0.25) is 9.69 Å². The minimum absolute atomic E-state index is 0.00188. The highest BCUT2D eigenvalue weighted by Crippen LogP contribution is 2.33. The number of benzene rings is 1. The van der Waals surface area contributed by atoms with Gasteiger partial charge in [-0.1, -0.05) is 30.6 Å². The fraction of sp³-hybridized carbons (Fsp3) is 0.600. The first-order chi connectivity index (χ1) is 13.6. The maximum absolute atomic E-state index is 14.1. The summed E-state index contributed by atoms with van der Waals surface area (Å²) >= 11 is 1.19. The molecule has 4 rings (SSSR count). The summed E-state index contributed by atoms with van der Waals surface area (Å²) in [5, 5.41) is 0.475. The zero-order valence-corrected chi connectivity index (χ0v) is 16.7. The van der Waals surface area contributed by atoms with Crippen LogP contribution in [0.5, 0.6) is 0 Å². The van der Waals surface area contributed by atoms with Crippen LogP contribution in [0.3, 0.4) is 0 Å². The maximum atomic E-state index is 14.1. The normalized spacial score (nSPS) is 19.2. The highest BCUT2D eigenvalue weighted by molar-refractivity contribution is 7.22. The molecule has 2 fully saturated rings. The molecule has 0 spiro atoms. The van der Waals surface area contributed by atoms with Gasteiger partial charge in [0.1, 0.15) is 24.4 Å². The molecule has 0 bridgehead atoms. The molecule has 0 unspecified atom stereocenters. The molecule has 1 amide bonds. The van der Waals surface area contributed by atoms with Crippen molar-refractivity contribution in [3.63, 3.8) is 0 Å². The summed E-state index contributed by atoms with van der Waals surface area (Å²) in [7, 11) is 0. The second kappa shape index (κ2) is 8.80. The van der Waals surface area contributed by atoms with Crippen LogP contribution in [0.2, 0.25) is 0 Å². The van der Waals surface area contributed by atoms with Gasteiger partial charge >= 0.3 is 0 Å². The van der Waals surface area contributed by atoms with E-state index in [-0.39, 0.29) is 17.3 Å². The molecule has 2 heterocycles. The van der Waals surface area contributed by atoms with Gasteiger partial charge in [0.2, 0.25) is 5.91 Å². The molecule has 2 aromatic rings. The minimum Gasteiger partial charge on any atom is -0.370 e. The van der Waals surface area contributed by atoms with Crippen LogP contribution >= 0.6 is 11.3 Å². The molecule has 2 aliphatic rings. The topological polar surface area (TPSA) is 46.9 Å². The number of rotatable bonds is 5. The Morgan fingerprint density at radius 3 is 2.71 bits per heavy atom. The molecule has 1 saturated carbocycles. The highest BCUT2D eigenvalue weighted by atomic mass is 32.1. The van der Waals surface area contributed by atoms with Crippen LogP contribution < -0.4 is 9.80 Å². The number of morpholine rings is 1. The van der Waals surface area contributed by atoms with Crippen LogP contribution in [0.25, 0.3) is 10.2 Å². The second-order valence-electron chi connectivity index (χ2n) is 7.67. The molecule has 1 saturated heterocycles. The summed E-state index contributed by atoms with van der Waals surface area (Å²) in [6.45, 7) is 4.65. The molecule has 8 heteroatoms. The number of thiazole rings is 1. The molecule has 0 atom stereocenters. The zero-order valence-electron chi connectivity index (χ0n) is 15.9. The van der Waals surface area contributed by atoms with Gasteiger partial charge < -0.3 is 9.64 Å². The molecule has 1 aromatic heterocycles. The summed E-state index contributed by atoms with van der Waals surface area (Å²) < 4.78 is 33.6. The molecule has 5 nitrogen and oxygen atoms in total. The maximum Gasteiger partial charge on any atom is 0.232 e. The lowest BCUT2D eigenvalue weighted by Crippen LogP contribution is -3.14. The predicted octanol–water partition coefficient (Wildman–Crippen LogP) is 2.40. The predicted molar refractivity (Wildman–Crippen MR) is 105 cm³/mol. The Labute approximate surface area is 167 Å². The lowest BCUT2D eigenvalue weighted by Gasteiger charge is -2.30. The largest absolute Gasteiger partial charge is 0.370 e. The number of hydrogen-bond acceptors (Lipinski definition) is 4. The smallest absolute Gasteiger partial charge is 0.232 e. The van der Waals surface area contributed by atoms with Gasteiger partial charge in [-0.15, -0.1) is 0 Å². The molecule has 1 N–H and O–H groups in total. The van der Waals surface area contributed by atoms with Crippen molar-refractivity contribution in [3.8, 4) is 0 Å². The van der Waals surface area contributed by atoms with Crippen LogP contribution in [-0.4, -0.2) is 50.3 Å². The van der Waals surface area contributed by atoms with E-state index < -0.39 is 11.6 Å². The molecule has 28 heavy (non-hydrogen) atoms.